The zero-order chi connectivity index (χ0) is 13.8. The lowest BCUT2D eigenvalue weighted by Gasteiger charge is -2.18. The summed E-state index contributed by atoms with van der Waals surface area (Å²) in [6.07, 6.45) is 2.98. The number of nitrogens with one attached hydrogen (secondary N) is 1. The molecule has 0 aliphatic heterocycles. The summed E-state index contributed by atoms with van der Waals surface area (Å²) in [6.45, 7) is 2.50. The Hall–Kier alpha value is -0.910. The summed E-state index contributed by atoms with van der Waals surface area (Å²) in [5, 5.41) is 13.1. The van der Waals surface area contributed by atoms with Gasteiger partial charge in [-0.3, -0.25) is 0 Å². The summed E-state index contributed by atoms with van der Waals surface area (Å²) < 4.78 is 5.03. The molecule has 0 aromatic carbocycles. The van der Waals surface area contributed by atoms with E-state index in [1.165, 1.54) is 0 Å². The van der Waals surface area contributed by atoms with Crippen LogP contribution >= 0.6 is 11.6 Å². The monoisotopic (exact) mass is 285 g/mol. The van der Waals surface area contributed by atoms with Gasteiger partial charge in [-0.2, -0.15) is 0 Å². The number of halogens is 1. The van der Waals surface area contributed by atoms with Crippen molar-refractivity contribution in [3.8, 4) is 0 Å². The fourth-order valence-corrected chi connectivity index (χ4v) is 2.01. The molecule has 2 N–H and O–H groups in total. The Morgan fingerprint density at radius 2 is 2.21 bits per heavy atom. The fraction of sp³-hybridized carbons (Fsp3) is 0.692. The van der Waals surface area contributed by atoms with Gasteiger partial charge in [0, 0.05) is 25.2 Å². The van der Waals surface area contributed by atoms with Crippen LogP contribution in [0.5, 0.6) is 0 Å². The van der Waals surface area contributed by atoms with Gasteiger partial charge in [0.1, 0.15) is 16.8 Å². The van der Waals surface area contributed by atoms with Gasteiger partial charge in [-0.15, -0.1) is 0 Å². The van der Waals surface area contributed by atoms with Gasteiger partial charge in [0.05, 0.1) is 12.6 Å². The highest BCUT2D eigenvalue weighted by Gasteiger charge is 2.28. The maximum absolute atomic E-state index is 9.37. The molecule has 0 bridgehead atoms. The van der Waals surface area contributed by atoms with Crippen LogP contribution in [-0.2, 0) is 4.74 Å². The second kappa shape index (κ2) is 6.50. The molecule has 1 saturated carbocycles. The number of anilines is 1. The minimum Gasteiger partial charge on any atom is -0.394 e. The van der Waals surface area contributed by atoms with Gasteiger partial charge in [-0.05, 0) is 26.2 Å². The maximum Gasteiger partial charge on any atom is 0.137 e. The first-order valence-corrected chi connectivity index (χ1v) is 6.93. The summed E-state index contributed by atoms with van der Waals surface area (Å²) in [6, 6.07) is -0.0864. The summed E-state index contributed by atoms with van der Waals surface area (Å²) in [7, 11) is 1.65. The molecule has 0 radical (unpaired) electrons. The molecule has 0 amide bonds. The lowest BCUT2D eigenvalue weighted by molar-refractivity contribution is 0.174. The van der Waals surface area contributed by atoms with Crippen LogP contribution in [0.15, 0.2) is 0 Å². The minimum atomic E-state index is -0.0864. The third-order valence-corrected chi connectivity index (χ3v) is 3.65. The molecule has 1 heterocycles. The average molecular weight is 286 g/mol. The highest BCUT2D eigenvalue weighted by molar-refractivity contribution is 6.30. The number of nitrogens with zero attached hydrogens (tertiary/aromatic N) is 2. The number of methoxy groups -OCH3 is 1. The van der Waals surface area contributed by atoms with Crippen LogP contribution in [0.3, 0.4) is 0 Å². The molecule has 6 heteroatoms. The summed E-state index contributed by atoms with van der Waals surface area (Å²) in [4.78, 5) is 8.85. The molecule has 106 valence electrons. The van der Waals surface area contributed by atoms with Gasteiger partial charge in [0.15, 0.2) is 0 Å². The second-order valence-corrected chi connectivity index (χ2v) is 5.28. The van der Waals surface area contributed by atoms with E-state index in [0.717, 1.165) is 30.0 Å². The molecule has 1 aromatic heterocycles. The quantitative estimate of drug-likeness (QED) is 0.751. The molecule has 0 spiro atoms. The molecule has 1 fully saturated rings. The predicted octanol–water partition coefficient (Wildman–Crippen LogP) is 2.13. The molecule has 0 saturated heterocycles. The van der Waals surface area contributed by atoms with E-state index in [2.05, 4.69) is 15.3 Å². The summed E-state index contributed by atoms with van der Waals surface area (Å²) in [5.41, 5.74) is 0.821. The van der Waals surface area contributed by atoms with Crippen LogP contribution in [0.25, 0.3) is 0 Å². The molecule has 1 aliphatic carbocycles. The molecular formula is C13H20ClN3O2. The molecule has 5 nitrogen and oxygen atoms in total. The molecule has 19 heavy (non-hydrogen) atoms. The molecule has 1 aromatic rings. The van der Waals surface area contributed by atoms with Gasteiger partial charge in [-0.25, -0.2) is 9.97 Å². The van der Waals surface area contributed by atoms with E-state index < -0.39 is 0 Å². The Bertz CT molecular complexity index is 438. The van der Waals surface area contributed by atoms with E-state index in [9.17, 15) is 5.11 Å². The van der Waals surface area contributed by atoms with Gasteiger partial charge < -0.3 is 15.2 Å². The van der Waals surface area contributed by atoms with E-state index in [1.54, 1.807) is 7.11 Å². The van der Waals surface area contributed by atoms with E-state index in [4.69, 9.17) is 16.3 Å². The SMILES string of the molecule is COCCC(CO)Nc1nc(C2CC2)nc(Cl)c1C. The molecule has 1 unspecified atom stereocenters. The number of aromatic nitrogens is 2. The van der Waals surface area contributed by atoms with Crippen molar-refractivity contribution in [3.63, 3.8) is 0 Å². The molecule has 1 atom stereocenters. The standard InChI is InChI=1S/C13H20ClN3O2/c1-8-11(14)16-13(9-3-4-9)17-12(8)15-10(7-18)5-6-19-2/h9-10,18H,3-7H2,1-2H3,(H,15,16,17). The lowest BCUT2D eigenvalue weighted by atomic mass is 10.2. The molecule has 1 aliphatic rings. The number of aliphatic hydroxyl groups is 1. The van der Waals surface area contributed by atoms with Crippen LogP contribution in [0, 0.1) is 6.92 Å². The topological polar surface area (TPSA) is 67.3 Å². The number of ether oxygens (including phenoxy) is 1. The first-order valence-electron chi connectivity index (χ1n) is 6.56. The van der Waals surface area contributed by atoms with Crippen LogP contribution in [0.4, 0.5) is 5.82 Å². The maximum atomic E-state index is 9.37. The normalized spacial score (nSPS) is 16.4. The van der Waals surface area contributed by atoms with Crippen molar-refractivity contribution in [1.82, 2.24) is 9.97 Å². The Labute approximate surface area is 118 Å². The van der Waals surface area contributed by atoms with Crippen molar-refractivity contribution < 1.29 is 9.84 Å². The summed E-state index contributed by atoms with van der Waals surface area (Å²) in [5.74, 6) is 1.98. The number of hydrogen-bond acceptors (Lipinski definition) is 5. The van der Waals surface area contributed by atoms with Crippen molar-refractivity contribution in [2.75, 3.05) is 25.6 Å². The van der Waals surface area contributed by atoms with E-state index >= 15 is 0 Å². The number of rotatable bonds is 7. The minimum absolute atomic E-state index is 0.0309. The molecular weight excluding hydrogens is 266 g/mol. The Kier molecular flexibility index (Phi) is 4.96. The fourth-order valence-electron chi connectivity index (χ4n) is 1.83. The van der Waals surface area contributed by atoms with Crippen LogP contribution in [0.1, 0.15) is 36.6 Å². The Morgan fingerprint density at radius 3 is 2.79 bits per heavy atom. The second-order valence-electron chi connectivity index (χ2n) is 4.93. The largest absolute Gasteiger partial charge is 0.394 e. The van der Waals surface area contributed by atoms with E-state index in [0.29, 0.717) is 24.1 Å². The zero-order valence-corrected chi connectivity index (χ0v) is 12.1. The van der Waals surface area contributed by atoms with Crippen molar-refractivity contribution in [2.24, 2.45) is 0 Å². The highest BCUT2D eigenvalue weighted by atomic mass is 35.5. The average Bonchev–Trinajstić information content (AvgIpc) is 3.23. The van der Waals surface area contributed by atoms with Crippen molar-refractivity contribution in [2.45, 2.75) is 38.1 Å². The summed E-state index contributed by atoms with van der Waals surface area (Å²) >= 11 is 6.14. The first-order chi connectivity index (χ1) is 9.15. The third-order valence-electron chi connectivity index (χ3n) is 3.28. The van der Waals surface area contributed by atoms with Gasteiger partial charge >= 0.3 is 0 Å². The third kappa shape index (κ3) is 3.78. The number of hydrogen-bond donors (Lipinski definition) is 2. The Morgan fingerprint density at radius 1 is 1.47 bits per heavy atom. The lowest BCUT2D eigenvalue weighted by Crippen LogP contribution is -2.26. The number of aliphatic hydroxyl groups excluding tert-OH is 1. The predicted molar refractivity (Wildman–Crippen MR) is 74.7 cm³/mol. The smallest absolute Gasteiger partial charge is 0.137 e. The van der Waals surface area contributed by atoms with Crippen molar-refractivity contribution in [3.05, 3.63) is 16.5 Å². The van der Waals surface area contributed by atoms with Crippen LogP contribution in [-0.4, -0.2) is 41.4 Å². The van der Waals surface area contributed by atoms with Gasteiger partial charge in [-0.1, -0.05) is 11.6 Å². The van der Waals surface area contributed by atoms with Crippen LogP contribution in [0.2, 0.25) is 5.15 Å². The van der Waals surface area contributed by atoms with Crippen molar-refractivity contribution >= 4 is 17.4 Å². The first kappa shape index (κ1) is 14.5. The van der Waals surface area contributed by atoms with Crippen molar-refractivity contribution in [1.29, 1.82) is 0 Å². The highest BCUT2D eigenvalue weighted by Crippen LogP contribution is 2.39. The zero-order valence-electron chi connectivity index (χ0n) is 11.3. The van der Waals surface area contributed by atoms with Crippen LogP contribution < -0.4 is 5.32 Å². The van der Waals surface area contributed by atoms with E-state index in [1.807, 2.05) is 6.92 Å². The Balaban J connectivity index is 2.13. The van der Waals surface area contributed by atoms with Gasteiger partial charge in [0.25, 0.3) is 0 Å². The van der Waals surface area contributed by atoms with Gasteiger partial charge in [0.2, 0.25) is 0 Å². The molecule has 2 rings (SSSR count). The van der Waals surface area contributed by atoms with E-state index in [-0.39, 0.29) is 12.6 Å².